The molecular weight excluding hydrogens is 268 g/mol. The Bertz CT molecular complexity index is 637. The molecule has 0 aliphatic carbocycles. The molecule has 0 radical (unpaired) electrons. The molecule has 0 saturated heterocycles. The van der Waals surface area contributed by atoms with Gasteiger partial charge in [0.15, 0.2) is 11.5 Å². The third-order valence-electron chi connectivity index (χ3n) is 3.79. The summed E-state index contributed by atoms with van der Waals surface area (Å²) in [6.07, 6.45) is 1.63. The maximum Gasteiger partial charge on any atom is 0.203 e. The van der Waals surface area contributed by atoms with Gasteiger partial charge < -0.3 is 19.3 Å². The fourth-order valence-corrected chi connectivity index (χ4v) is 2.76. The molecule has 21 heavy (non-hydrogen) atoms. The van der Waals surface area contributed by atoms with E-state index in [2.05, 4.69) is 0 Å². The van der Waals surface area contributed by atoms with Crippen molar-refractivity contribution in [2.45, 2.75) is 18.9 Å². The molecule has 0 unspecified atom stereocenters. The number of phenolic OH excluding ortho intramolecular Hbond substituents is 1. The standard InChI is InChI=1S/C17H18O4/c1-19-15-10-13(18)17(20-2)16-12(15)8-9-14(21-16)11-6-4-3-5-7-11/h3-7,10,14,18H,8-9H2,1-2H3/t14-/m1/s1. The first kappa shape index (κ1) is 13.6. The lowest BCUT2D eigenvalue weighted by molar-refractivity contribution is 0.164. The van der Waals surface area contributed by atoms with Crippen molar-refractivity contribution in [3.63, 3.8) is 0 Å². The molecule has 0 fully saturated rings. The predicted molar refractivity (Wildman–Crippen MR) is 79.3 cm³/mol. The fraction of sp³-hybridized carbons (Fsp3) is 0.294. The lowest BCUT2D eigenvalue weighted by atomic mass is 9.96. The highest BCUT2D eigenvalue weighted by Gasteiger charge is 2.29. The second-order valence-corrected chi connectivity index (χ2v) is 4.99. The van der Waals surface area contributed by atoms with Gasteiger partial charge in [-0.05, 0) is 18.4 Å². The second kappa shape index (κ2) is 5.56. The average molecular weight is 286 g/mol. The minimum Gasteiger partial charge on any atom is -0.504 e. The molecule has 0 bridgehead atoms. The topological polar surface area (TPSA) is 47.9 Å². The molecule has 0 amide bonds. The molecule has 0 aromatic heterocycles. The van der Waals surface area contributed by atoms with Crippen LogP contribution in [0.1, 0.15) is 23.7 Å². The molecule has 4 nitrogen and oxygen atoms in total. The number of hydrogen-bond donors (Lipinski definition) is 1. The number of hydrogen-bond acceptors (Lipinski definition) is 4. The Morgan fingerprint density at radius 3 is 2.57 bits per heavy atom. The third-order valence-corrected chi connectivity index (χ3v) is 3.79. The zero-order valence-corrected chi connectivity index (χ0v) is 12.1. The third kappa shape index (κ3) is 2.37. The smallest absolute Gasteiger partial charge is 0.203 e. The number of aromatic hydroxyl groups is 1. The van der Waals surface area contributed by atoms with Crippen LogP contribution in [0, 0.1) is 0 Å². The summed E-state index contributed by atoms with van der Waals surface area (Å²) in [4.78, 5) is 0. The molecule has 1 aliphatic heterocycles. The number of rotatable bonds is 3. The van der Waals surface area contributed by atoms with E-state index in [4.69, 9.17) is 14.2 Å². The van der Waals surface area contributed by atoms with Crippen molar-refractivity contribution in [1.82, 2.24) is 0 Å². The maximum absolute atomic E-state index is 10.1. The first-order valence-electron chi connectivity index (χ1n) is 6.93. The van der Waals surface area contributed by atoms with Crippen molar-refractivity contribution in [3.8, 4) is 23.0 Å². The highest BCUT2D eigenvalue weighted by molar-refractivity contribution is 5.62. The molecule has 1 N–H and O–H groups in total. The van der Waals surface area contributed by atoms with Crippen molar-refractivity contribution < 1.29 is 19.3 Å². The van der Waals surface area contributed by atoms with Crippen LogP contribution in [0.3, 0.4) is 0 Å². The normalized spacial score (nSPS) is 16.8. The van der Waals surface area contributed by atoms with Crippen LogP contribution >= 0.6 is 0 Å². The summed E-state index contributed by atoms with van der Waals surface area (Å²) in [5.41, 5.74) is 2.06. The van der Waals surface area contributed by atoms with Crippen molar-refractivity contribution in [2.75, 3.05) is 14.2 Å². The zero-order valence-electron chi connectivity index (χ0n) is 12.1. The van der Waals surface area contributed by atoms with E-state index in [9.17, 15) is 5.11 Å². The van der Waals surface area contributed by atoms with Crippen LogP contribution in [0.15, 0.2) is 36.4 Å². The summed E-state index contributed by atoms with van der Waals surface area (Å²) in [7, 11) is 3.11. The van der Waals surface area contributed by atoms with E-state index >= 15 is 0 Å². The van der Waals surface area contributed by atoms with Crippen LogP contribution in [0.5, 0.6) is 23.0 Å². The molecule has 1 atom stereocenters. The van der Waals surface area contributed by atoms with E-state index in [-0.39, 0.29) is 11.9 Å². The molecule has 4 heteroatoms. The van der Waals surface area contributed by atoms with E-state index < -0.39 is 0 Å². The van der Waals surface area contributed by atoms with Gasteiger partial charge in [-0.3, -0.25) is 0 Å². The molecule has 1 heterocycles. The molecule has 2 aromatic rings. The molecule has 0 spiro atoms. The molecule has 110 valence electrons. The van der Waals surface area contributed by atoms with Crippen LogP contribution < -0.4 is 14.2 Å². The number of fused-ring (bicyclic) bond motifs is 1. The maximum atomic E-state index is 10.1. The van der Waals surface area contributed by atoms with Gasteiger partial charge in [-0.1, -0.05) is 30.3 Å². The summed E-state index contributed by atoms with van der Waals surface area (Å²) < 4.78 is 16.7. The van der Waals surface area contributed by atoms with Crippen molar-refractivity contribution in [1.29, 1.82) is 0 Å². The van der Waals surface area contributed by atoms with E-state index in [1.807, 2.05) is 30.3 Å². The second-order valence-electron chi connectivity index (χ2n) is 4.99. The van der Waals surface area contributed by atoms with E-state index in [1.165, 1.54) is 7.11 Å². The van der Waals surface area contributed by atoms with Crippen LogP contribution in [0.2, 0.25) is 0 Å². The summed E-state index contributed by atoms with van der Waals surface area (Å²) >= 11 is 0. The number of phenols is 1. The zero-order chi connectivity index (χ0) is 14.8. The van der Waals surface area contributed by atoms with Gasteiger partial charge >= 0.3 is 0 Å². The summed E-state index contributed by atoms with van der Waals surface area (Å²) in [5.74, 6) is 1.61. The SMILES string of the molecule is COc1cc(O)c(OC)c2c1CC[C@H](c1ccccc1)O2. The fourth-order valence-electron chi connectivity index (χ4n) is 2.76. The molecule has 3 rings (SSSR count). The van der Waals surface area contributed by atoms with Gasteiger partial charge in [0.25, 0.3) is 0 Å². The average Bonchev–Trinajstić information content (AvgIpc) is 2.54. The first-order chi connectivity index (χ1) is 10.2. The minimum atomic E-state index is -0.0425. The van der Waals surface area contributed by atoms with Crippen molar-refractivity contribution >= 4 is 0 Å². The Kier molecular flexibility index (Phi) is 3.60. The lowest BCUT2D eigenvalue weighted by Crippen LogP contribution is -2.16. The Balaban J connectivity index is 2.03. The van der Waals surface area contributed by atoms with Crippen molar-refractivity contribution in [2.24, 2.45) is 0 Å². The number of benzene rings is 2. The van der Waals surface area contributed by atoms with E-state index in [0.29, 0.717) is 17.2 Å². The first-order valence-corrected chi connectivity index (χ1v) is 6.93. The van der Waals surface area contributed by atoms with Crippen molar-refractivity contribution in [3.05, 3.63) is 47.5 Å². The quantitative estimate of drug-likeness (QED) is 0.938. The predicted octanol–water partition coefficient (Wildman–Crippen LogP) is 3.48. The monoisotopic (exact) mass is 286 g/mol. The van der Waals surface area contributed by atoms with Crippen LogP contribution in [-0.2, 0) is 6.42 Å². The largest absolute Gasteiger partial charge is 0.504 e. The highest BCUT2D eigenvalue weighted by atomic mass is 16.5. The minimum absolute atomic E-state index is 0.0295. The molecule has 2 aromatic carbocycles. The van der Waals surface area contributed by atoms with Gasteiger partial charge in [0.1, 0.15) is 11.9 Å². The lowest BCUT2D eigenvalue weighted by Gasteiger charge is -2.29. The summed E-state index contributed by atoms with van der Waals surface area (Å²) in [6.45, 7) is 0. The Morgan fingerprint density at radius 1 is 1.14 bits per heavy atom. The van der Waals surface area contributed by atoms with Gasteiger partial charge in [-0.25, -0.2) is 0 Å². The van der Waals surface area contributed by atoms with Gasteiger partial charge in [-0.15, -0.1) is 0 Å². The van der Waals surface area contributed by atoms with Crippen LogP contribution in [0.25, 0.3) is 0 Å². The summed E-state index contributed by atoms with van der Waals surface area (Å²) in [6, 6.07) is 11.6. The molecule has 0 saturated carbocycles. The Labute approximate surface area is 123 Å². The van der Waals surface area contributed by atoms with E-state index in [1.54, 1.807) is 13.2 Å². The van der Waals surface area contributed by atoms with Gasteiger partial charge in [0, 0.05) is 11.6 Å². The van der Waals surface area contributed by atoms with Crippen LogP contribution in [0.4, 0.5) is 0 Å². The Hall–Kier alpha value is -2.36. The van der Waals surface area contributed by atoms with Gasteiger partial charge in [-0.2, -0.15) is 0 Å². The Morgan fingerprint density at radius 2 is 1.90 bits per heavy atom. The molecular formula is C17H18O4. The summed E-state index contributed by atoms with van der Waals surface area (Å²) in [5, 5.41) is 10.1. The number of methoxy groups -OCH3 is 2. The number of ether oxygens (including phenoxy) is 3. The highest BCUT2D eigenvalue weighted by Crippen LogP contribution is 2.49. The molecule has 1 aliphatic rings. The van der Waals surface area contributed by atoms with Crippen LogP contribution in [-0.4, -0.2) is 19.3 Å². The van der Waals surface area contributed by atoms with E-state index in [0.717, 1.165) is 24.0 Å². The van der Waals surface area contributed by atoms with Gasteiger partial charge in [0.05, 0.1) is 14.2 Å². The van der Waals surface area contributed by atoms with Gasteiger partial charge in [0.2, 0.25) is 5.75 Å².